The van der Waals surface area contributed by atoms with Crippen LogP contribution in [-0.4, -0.2) is 14.5 Å². The standard InChI is InChI=1S/C12H16FN3/c1-5-9-14-10(7(2)3)12-11(15-9)8(13)6-16(12)4/h6-7H,5H2,1-4H3. The molecular formula is C12H16FN3. The van der Waals surface area contributed by atoms with Gasteiger partial charge in [-0.25, -0.2) is 14.4 Å². The molecule has 0 saturated heterocycles. The first-order valence-electron chi connectivity index (χ1n) is 5.56. The van der Waals surface area contributed by atoms with Crippen molar-refractivity contribution in [3.8, 4) is 0 Å². The summed E-state index contributed by atoms with van der Waals surface area (Å²) < 4.78 is 15.4. The van der Waals surface area contributed by atoms with Gasteiger partial charge in [0.05, 0.1) is 11.2 Å². The fourth-order valence-corrected chi connectivity index (χ4v) is 1.89. The Morgan fingerprint density at radius 1 is 1.38 bits per heavy atom. The van der Waals surface area contributed by atoms with Gasteiger partial charge in [0.1, 0.15) is 11.3 Å². The molecule has 0 aliphatic heterocycles. The summed E-state index contributed by atoms with van der Waals surface area (Å²) >= 11 is 0. The molecule has 0 aliphatic carbocycles. The molecule has 86 valence electrons. The van der Waals surface area contributed by atoms with Crippen LogP contribution in [0.25, 0.3) is 11.0 Å². The fourth-order valence-electron chi connectivity index (χ4n) is 1.89. The van der Waals surface area contributed by atoms with E-state index in [2.05, 4.69) is 23.8 Å². The Morgan fingerprint density at radius 3 is 2.62 bits per heavy atom. The molecule has 2 aromatic rings. The number of rotatable bonds is 2. The predicted molar refractivity (Wildman–Crippen MR) is 61.9 cm³/mol. The van der Waals surface area contributed by atoms with E-state index in [1.165, 1.54) is 6.20 Å². The van der Waals surface area contributed by atoms with Crippen LogP contribution in [0.3, 0.4) is 0 Å². The van der Waals surface area contributed by atoms with Gasteiger partial charge in [0, 0.05) is 19.7 Å². The van der Waals surface area contributed by atoms with Gasteiger partial charge in [0.25, 0.3) is 0 Å². The molecule has 2 aromatic heterocycles. The monoisotopic (exact) mass is 221 g/mol. The molecule has 0 amide bonds. The highest BCUT2D eigenvalue weighted by Gasteiger charge is 2.16. The van der Waals surface area contributed by atoms with E-state index < -0.39 is 0 Å². The van der Waals surface area contributed by atoms with E-state index in [4.69, 9.17) is 0 Å². The smallest absolute Gasteiger partial charge is 0.167 e. The first kappa shape index (κ1) is 11.0. The van der Waals surface area contributed by atoms with E-state index >= 15 is 0 Å². The third-order valence-corrected chi connectivity index (χ3v) is 2.71. The van der Waals surface area contributed by atoms with E-state index in [1.807, 2.05) is 14.0 Å². The molecule has 16 heavy (non-hydrogen) atoms. The molecule has 0 bridgehead atoms. The molecule has 0 N–H and O–H groups in total. The molecule has 3 nitrogen and oxygen atoms in total. The lowest BCUT2D eigenvalue weighted by atomic mass is 10.1. The van der Waals surface area contributed by atoms with Crippen LogP contribution in [-0.2, 0) is 13.5 Å². The third-order valence-electron chi connectivity index (χ3n) is 2.71. The van der Waals surface area contributed by atoms with Crippen LogP contribution in [0.2, 0.25) is 0 Å². The van der Waals surface area contributed by atoms with Gasteiger partial charge < -0.3 is 4.57 Å². The average molecular weight is 221 g/mol. The molecule has 0 atom stereocenters. The number of hydrogen-bond donors (Lipinski definition) is 0. The Hall–Kier alpha value is -1.45. The normalized spacial score (nSPS) is 11.6. The molecule has 2 rings (SSSR count). The van der Waals surface area contributed by atoms with Gasteiger partial charge in [-0.1, -0.05) is 20.8 Å². The average Bonchev–Trinajstić information content (AvgIpc) is 2.53. The molecule has 0 aliphatic rings. The van der Waals surface area contributed by atoms with Crippen molar-refractivity contribution in [1.82, 2.24) is 14.5 Å². The van der Waals surface area contributed by atoms with Crippen molar-refractivity contribution in [3.05, 3.63) is 23.5 Å². The van der Waals surface area contributed by atoms with E-state index in [9.17, 15) is 4.39 Å². The second-order valence-electron chi connectivity index (χ2n) is 4.32. The minimum absolute atomic E-state index is 0.267. The van der Waals surface area contributed by atoms with Crippen LogP contribution in [0.15, 0.2) is 6.20 Å². The maximum Gasteiger partial charge on any atom is 0.167 e. The quantitative estimate of drug-likeness (QED) is 0.780. The molecule has 0 unspecified atom stereocenters. The summed E-state index contributed by atoms with van der Waals surface area (Å²) in [5, 5.41) is 0. The summed E-state index contributed by atoms with van der Waals surface area (Å²) in [6.45, 7) is 6.10. The van der Waals surface area contributed by atoms with E-state index in [-0.39, 0.29) is 11.7 Å². The summed E-state index contributed by atoms with van der Waals surface area (Å²) in [4.78, 5) is 8.74. The van der Waals surface area contributed by atoms with Crippen LogP contribution in [0, 0.1) is 5.82 Å². The Kier molecular flexibility index (Phi) is 2.66. The Bertz CT molecular complexity index is 529. The molecule has 0 saturated carbocycles. The topological polar surface area (TPSA) is 30.7 Å². The van der Waals surface area contributed by atoms with Crippen LogP contribution in [0.4, 0.5) is 4.39 Å². The van der Waals surface area contributed by atoms with Gasteiger partial charge in [0.15, 0.2) is 5.82 Å². The van der Waals surface area contributed by atoms with Crippen molar-refractivity contribution in [2.45, 2.75) is 33.1 Å². The Balaban J connectivity index is 2.84. The number of nitrogens with zero attached hydrogens (tertiary/aromatic N) is 3. The highest BCUT2D eigenvalue weighted by molar-refractivity contribution is 5.79. The zero-order valence-corrected chi connectivity index (χ0v) is 10.1. The lowest BCUT2D eigenvalue weighted by molar-refractivity contribution is 0.630. The van der Waals surface area contributed by atoms with Crippen molar-refractivity contribution in [1.29, 1.82) is 0 Å². The maximum absolute atomic E-state index is 13.7. The Labute approximate surface area is 94.3 Å². The van der Waals surface area contributed by atoms with Gasteiger partial charge >= 0.3 is 0 Å². The van der Waals surface area contributed by atoms with Crippen LogP contribution < -0.4 is 0 Å². The fraction of sp³-hybridized carbons (Fsp3) is 0.500. The van der Waals surface area contributed by atoms with Gasteiger partial charge in [-0.3, -0.25) is 0 Å². The molecule has 0 spiro atoms. The second-order valence-corrected chi connectivity index (χ2v) is 4.32. The lowest BCUT2D eigenvalue weighted by Gasteiger charge is -2.09. The SMILES string of the molecule is CCc1nc(C(C)C)c2c(n1)c(F)cn2C. The van der Waals surface area contributed by atoms with Crippen molar-refractivity contribution in [2.75, 3.05) is 0 Å². The van der Waals surface area contributed by atoms with Gasteiger partial charge in [-0.2, -0.15) is 0 Å². The minimum atomic E-state index is -0.267. The molecular weight excluding hydrogens is 205 g/mol. The molecule has 0 radical (unpaired) electrons. The van der Waals surface area contributed by atoms with Crippen molar-refractivity contribution in [2.24, 2.45) is 7.05 Å². The van der Waals surface area contributed by atoms with Gasteiger partial charge in [-0.15, -0.1) is 0 Å². The number of aromatic nitrogens is 3. The summed E-state index contributed by atoms with van der Waals surface area (Å²) in [7, 11) is 1.83. The third kappa shape index (κ3) is 1.58. The number of aryl methyl sites for hydroxylation is 2. The number of halogens is 1. The molecule has 0 aromatic carbocycles. The first-order chi connectivity index (χ1) is 7.54. The largest absolute Gasteiger partial charge is 0.345 e. The van der Waals surface area contributed by atoms with E-state index in [0.29, 0.717) is 11.3 Å². The van der Waals surface area contributed by atoms with Crippen LogP contribution in [0.1, 0.15) is 38.2 Å². The summed E-state index contributed by atoms with van der Waals surface area (Å²) in [5.74, 6) is 0.710. The van der Waals surface area contributed by atoms with Crippen molar-refractivity contribution in [3.63, 3.8) is 0 Å². The van der Waals surface area contributed by atoms with E-state index in [1.54, 1.807) is 4.57 Å². The summed E-state index contributed by atoms with van der Waals surface area (Å²) in [6, 6.07) is 0. The summed E-state index contributed by atoms with van der Waals surface area (Å²) in [6.07, 6.45) is 2.19. The van der Waals surface area contributed by atoms with Crippen molar-refractivity contribution >= 4 is 11.0 Å². The highest BCUT2D eigenvalue weighted by atomic mass is 19.1. The van der Waals surface area contributed by atoms with Gasteiger partial charge in [0.2, 0.25) is 0 Å². The van der Waals surface area contributed by atoms with Crippen LogP contribution in [0.5, 0.6) is 0 Å². The molecule has 4 heteroatoms. The number of hydrogen-bond acceptors (Lipinski definition) is 2. The minimum Gasteiger partial charge on any atom is -0.345 e. The summed E-state index contributed by atoms with van der Waals surface area (Å²) in [5.41, 5.74) is 2.18. The molecule has 2 heterocycles. The zero-order chi connectivity index (χ0) is 11.9. The molecule has 0 fully saturated rings. The van der Waals surface area contributed by atoms with Crippen molar-refractivity contribution < 1.29 is 4.39 Å². The lowest BCUT2D eigenvalue weighted by Crippen LogP contribution is -2.03. The predicted octanol–water partition coefficient (Wildman–Crippen LogP) is 2.79. The maximum atomic E-state index is 13.7. The van der Waals surface area contributed by atoms with E-state index in [0.717, 1.165) is 17.6 Å². The van der Waals surface area contributed by atoms with Gasteiger partial charge in [-0.05, 0) is 5.92 Å². The first-order valence-corrected chi connectivity index (χ1v) is 5.56. The zero-order valence-electron chi connectivity index (χ0n) is 10.1. The second kappa shape index (κ2) is 3.85. The highest BCUT2D eigenvalue weighted by Crippen LogP contribution is 2.25. The van der Waals surface area contributed by atoms with Crippen LogP contribution >= 0.6 is 0 Å². The Morgan fingerprint density at radius 2 is 2.06 bits per heavy atom. The number of fused-ring (bicyclic) bond motifs is 1.